The molecule has 0 spiro atoms. The Morgan fingerprint density at radius 1 is 1.62 bits per heavy atom. The van der Waals surface area contributed by atoms with Crippen LogP contribution in [0.15, 0.2) is 0 Å². The molecular formula is C10H20N2O. The van der Waals surface area contributed by atoms with Gasteiger partial charge in [-0.2, -0.15) is 0 Å². The molecule has 1 fully saturated rings. The molecule has 0 aromatic heterocycles. The Morgan fingerprint density at radius 2 is 2.23 bits per heavy atom. The molecule has 0 heterocycles. The molecule has 3 N–H and O–H groups in total. The van der Waals surface area contributed by atoms with E-state index in [1.54, 1.807) is 0 Å². The zero-order valence-electron chi connectivity index (χ0n) is 8.60. The summed E-state index contributed by atoms with van der Waals surface area (Å²) in [7, 11) is 0. The number of hydrogen-bond donors (Lipinski definition) is 2. The van der Waals surface area contributed by atoms with E-state index < -0.39 is 0 Å². The lowest BCUT2D eigenvalue weighted by atomic mass is 9.84. The number of nitrogens with one attached hydrogen (secondary N) is 1. The predicted molar refractivity (Wildman–Crippen MR) is 53.2 cm³/mol. The largest absolute Gasteiger partial charge is 0.349 e. The highest BCUT2D eigenvalue weighted by Gasteiger charge is 2.30. The molecule has 3 nitrogen and oxygen atoms in total. The van der Waals surface area contributed by atoms with Crippen LogP contribution in [0.2, 0.25) is 0 Å². The highest BCUT2D eigenvalue weighted by atomic mass is 16.2. The van der Waals surface area contributed by atoms with Gasteiger partial charge in [-0.1, -0.05) is 13.3 Å². The second-order valence-electron chi connectivity index (χ2n) is 4.24. The quantitative estimate of drug-likeness (QED) is 0.685. The molecule has 1 aliphatic rings. The zero-order valence-corrected chi connectivity index (χ0v) is 8.60. The summed E-state index contributed by atoms with van der Waals surface area (Å²) in [6.45, 7) is 4.57. The van der Waals surface area contributed by atoms with E-state index in [0.717, 1.165) is 19.3 Å². The van der Waals surface area contributed by atoms with E-state index in [4.69, 9.17) is 5.73 Å². The van der Waals surface area contributed by atoms with Crippen LogP contribution >= 0.6 is 0 Å². The van der Waals surface area contributed by atoms with Gasteiger partial charge in [0.25, 0.3) is 0 Å². The van der Waals surface area contributed by atoms with Gasteiger partial charge in [0.15, 0.2) is 0 Å². The molecule has 13 heavy (non-hydrogen) atoms. The van der Waals surface area contributed by atoms with Crippen LogP contribution < -0.4 is 11.1 Å². The Morgan fingerprint density at radius 3 is 2.54 bits per heavy atom. The van der Waals surface area contributed by atoms with E-state index in [1.165, 1.54) is 6.42 Å². The summed E-state index contributed by atoms with van der Waals surface area (Å²) in [6.07, 6.45) is 4.19. The number of rotatable bonds is 4. The van der Waals surface area contributed by atoms with Crippen molar-refractivity contribution in [2.45, 2.75) is 45.1 Å². The van der Waals surface area contributed by atoms with Crippen molar-refractivity contribution in [2.75, 3.05) is 6.54 Å². The summed E-state index contributed by atoms with van der Waals surface area (Å²) in [5.41, 5.74) is 5.41. The molecule has 0 radical (unpaired) electrons. The number of carbonyl (C=O) groups is 1. The van der Waals surface area contributed by atoms with Crippen LogP contribution in [-0.4, -0.2) is 18.0 Å². The van der Waals surface area contributed by atoms with E-state index in [0.29, 0.717) is 6.54 Å². The lowest BCUT2D eigenvalue weighted by Crippen LogP contribution is -2.53. The van der Waals surface area contributed by atoms with Crippen LogP contribution in [0.1, 0.15) is 39.5 Å². The Bertz CT molecular complexity index is 183. The first-order valence-corrected chi connectivity index (χ1v) is 5.13. The maximum Gasteiger partial charge on any atom is 0.223 e. The third-order valence-corrected chi connectivity index (χ3v) is 3.13. The van der Waals surface area contributed by atoms with Gasteiger partial charge in [-0.15, -0.1) is 0 Å². The number of hydrogen-bond acceptors (Lipinski definition) is 2. The average molecular weight is 184 g/mol. The third kappa shape index (κ3) is 2.44. The van der Waals surface area contributed by atoms with Gasteiger partial charge in [0.05, 0.1) is 0 Å². The fraction of sp³-hybridized carbons (Fsp3) is 0.900. The van der Waals surface area contributed by atoms with Crippen molar-refractivity contribution in [3.05, 3.63) is 0 Å². The Hall–Kier alpha value is -0.570. The van der Waals surface area contributed by atoms with Crippen LogP contribution in [0.25, 0.3) is 0 Å². The first kappa shape index (κ1) is 10.5. The van der Waals surface area contributed by atoms with Gasteiger partial charge >= 0.3 is 0 Å². The van der Waals surface area contributed by atoms with Crippen LogP contribution in [0, 0.1) is 5.92 Å². The van der Waals surface area contributed by atoms with Gasteiger partial charge in [0.1, 0.15) is 0 Å². The SMILES string of the molecule is CCC(C)(CN)NC(=O)C1CCC1. The summed E-state index contributed by atoms with van der Waals surface area (Å²) >= 11 is 0. The first-order chi connectivity index (χ1) is 6.11. The molecule has 76 valence electrons. The van der Waals surface area contributed by atoms with Crippen LogP contribution in [0.4, 0.5) is 0 Å². The van der Waals surface area contributed by atoms with Gasteiger partial charge in [-0.25, -0.2) is 0 Å². The van der Waals surface area contributed by atoms with E-state index in [2.05, 4.69) is 5.32 Å². The van der Waals surface area contributed by atoms with Crippen molar-refractivity contribution in [1.82, 2.24) is 5.32 Å². The summed E-state index contributed by atoms with van der Waals surface area (Å²) < 4.78 is 0. The molecule has 0 saturated heterocycles. The van der Waals surface area contributed by atoms with E-state index in [-0.39, 0.29) is 17.4 Å². The number of carbonyl (C=O) groups excluding carboxylic acids is 1. The Balaban J connectivity index is 2.40. The maximum atomic E-state index is 11.6. The number of nitrogens with two attached hydrogens (primary N) is 1. The van der Waals surface area contributed by atoms with Crippen LogP contribution in [0.3, 0.4) is 0 Å². The van der Waals surface area contributed by atoms with Crippen molar-refractivity contribution in [1.29, 1.82) is 0 Å². The molecule has 1 aliphatic carbocycles. The van der Waals surface area contributed by atoms with Crippen molar-refractivity contribution in [2.24, 2.45) is 11.7 Å². The summed E-state index contributed by atoms with van der Waals surface area (Å²) in [5, 5.41) is 3.03. The molecule has 0 aromatic carbocycles. The molecule has 3 heteroatoms. The van der Waals surface area contributed by atoms with Gasteiger partial charge in [0, 0.05) is 18.0 Å². The smallest absolute Gasteiger partial charge is 0.223 e. The van der Waals surface area contributed by atoms with Crippen LogP contribution in [0.5, 0.6) is 0 Å². The molecular weight excluding hydrogens is 164 g/mol. The monoisotopic (exact) mass is 184 g/mol. The topological polar surface area (TPSA) is 55.1 Å². The maximum absolute atomic E-state index is 11.6. The lowest BCUT2D eigenvalue weighted by molar-refractivity contribution is -0.129. The van der Waals surface area contributed by atoms with Gasteiger partial charge in [-0.05, 0) is 26.2 Å². The average Bonchev–Trinajstić information content (AvgIpc) is 2.01. The lowest BCUT2D eigenvalue weighted by Gasteiger charge is -2.32. The highest BCUT2D eigenvalue weighted by Crippen LogP contribution is 2.27. The minimum Gasteiger partial charge on any atom is -0.349 e. The Labute approximate surface area is 80.1 Å². The fourth-order valence-corrected chi connectivity index (χ4v) is 1.35. The van der Waals surface area contributed by atoms with E-state index >= 15 is 0 Å². The third-order valence-electron chi connectivity index (χ3n) is 3.13. The summed E-state index contributed by atoms with van der Waals surface area (Å²) in [6, 6.07) is 0. The van der Waals surface area contributed by atoms with Crippen molar-refractivity contribution in [3.8, 4) is 0 Å². The minimum atomic E-state index is -0.202. The minimum absolute atomic E-state index is 0.195. The van der Waals surface area contributed by atoms with Crippen molar-refractivity contribution < 1.29 is 4.79 Å². The first-order valence-electron chi connectivity index (χ1n) is 5.13. The highest BCUT2D eigenvalue weighted by molar-refractivity contribution is 5.80. The Kier molecular flexibility index (Phi) is 3.31. The van der Waals surface area contributed by atoms with E-state index in [1.807, 2.05) is 13.8 Å². The molecule has 0 aliphatic heterocycles. The van der Waals surface area contributed by atoms with Gasteiger partial charge in [-0.3, -0.25) is 4.79 Å². The van der Waals surface area contributed by atoms with Crippen molar-refractivity contribution >= 4 is 5.91 Å². The molecule has 0 bridgehead atoms. The predicted octanol–water partition coefficient (Wildman–Crippen LogP) is 1.03. The molecule has 1 amide bonds. The normalized spacial score (nSPS) is 21.8. The molecule has 1 unspecified atom stereocenters. The van der Waals surface area contributed by atoms with Crippen molar-refractivity contribution in [3.63, 3.8) is 0 Å². The molecule has 0 aromatic rings. The zero-order chi connectivity index (χ0) is 9.90. The molecule has 1 saturated carbocycles. The standard InChI is InChI=1S/C10H20N2O/c1-3-10(2,7-11)12-9(13)8-5-4-6-8/h8H,3-7,11H2,1-2H3,(H,12,13). The molecule has 1 atom stereocenters. The fourth-order valence-electron chi connectivity index (χ4n) is 1.35. The van der Waals surface area contributed by atoms with Gasteiger partial charge < -0.3 is 11.1 Å². The second kappa shape index (κ2) is 4.09. The summed E-state index contributed by atoms with van der Waals surface area (Å²) in [4.78, 5) is 11.6. The molecule has 1 rings (SSSR count). The van der Waals surface area contributed by atoms with Gasteiger partial charge in [0.2, 0.25) is 5.91 Å². The van der Waals surface area contributed by atoms with E-state index in [9.17, 15) is 4.79 Å². The van der Waals surface area contributed by atoms with Crippen LogP contribution in [-0.2, 0) is 4.79 Å². The number of amides is 1. The summed E-state index contributed by atoms with van der Waals surface area (Å²) in [5.74, 6) is 0.457. The second-order valence-corrected chi connectivity index (χ2v) is 4.24.